The normalized spacial score (nSPS) is 18.0. The molecule has 1 aromatic heterocycles. The maximum Gasteiger partial charge on any atom is 0.337 e. The first-order valence-electron chi connectivity index (χ1n) is 14.9. The summed E-state index contributed by atoms with van der Waals surface area (Å²) in [6, 6.07) is 13.0. The fourth-order valence-electron chi connectivity index (χ4n) is 5.27. The van der Waals surface area contributed by atoms with E-state index in [1.807, 2.05) is 49.5 Å². The summed E-state index contributed by atoms with van der Waals surface area (Å²) in [5.74, 6) is -0.225. The molecule has 11 nitrogen and oxygen atoms in total. The van der Waals surface area contributed by atoms with Crippen LogP contribution in [0.15, 0.2) is 60.5 Å². The van der Waals surface area contributed by atoms with Gasteiger partial charge in [0.15, 0.2) is 5.76 Å². The lowest BCUT2D eigenvalue weighted by molar-refractivity contribution is -0.168. The number of methoxy groups -OCH3 is 2. The zero-order chi connectivity index (χ0) is 31.3. The quantitative estimate of drug-likeness (QED) is 0.154. The van der Waals surface area contributed by atoms with Crippen molar-refractivity contribution < 1.29 is 43.1 Å². The number of carbonyl (C=O) groups is 2. The number of esters is 1. The number of aromatic amines is 1. The zero-order valence-electron chi connectivity index (χ0n) is 25.5. The van der Waals surface area contributed by atoms with Crippen molar-refractivity contribution in [2.24, 2.45) is 5.92 Å². The van der Waals surface area contributed by atoms with Gasteiger partial charge in [-0.25, -0.2) is 4.79 Å². The van der Waals surface area contributed by atoms with E-state index in [9.17, 15) is 9.59 Å². The van der Waals surface area contributed by atoms with Crippen molar-refractivity contribution in [1.29, 1.82) is 0 Å². The number of rotatable bonds is 17. The molecular formula is C33H42N2O9. The molecule has 2 heterocycles. The highest BCUT2D eigenvalue weighted by Gasteiger charge is 2.38. The first kappa shape index (κ1) is 33.0. The lowest BCUT2D eigenvalue weighted by atomic mass is 9.81. The summed E-state index contributed by atoms with van der Waals surface area (Å²) in [4.78, 5) is 28.7. The number of benzene rings is 2. The smallest absolute Gasteiger partial charge is 0.337 e. The summed E-state index contributed by atoms with van der Waals surface area (Å²) in [5.41, 5.74) is 3.40. The van der Waals surface area contributed by atoms with Crippen molar-refractivity contribution in [1.82, 2.24) is 10.3 Å². The highest BCUT2D eigenvalue weighted by atomic mass is 16.7. The fraction of sp³-hybridized carbons (Fsp3) is 0.455. The van der Waals surface area contributed by atoms with Gasteiger partial charge in [0.2, 0.25) is 6.29 Å². The van der Waals surface area contributed by atoms with E-state index in [1.165, 1.54) is 7.11 Å². The second-order valence-corrected chi connectivity index (χ2v) is 10.2. The Hall–Kier alpha value is -3.90. The van der Waals surface area contributed by atoms with Crippen molar-refractivity contribution >= 4 is 22.8 Å². The number of hydrogen-bond acceptors (Lipinski definition) is 9. The lowest BCUT2D eigenvalue weighted by Gasteiger charge is -2.37. The summed E-state index contributed by atoms with van der Waals surface area (Å²) >= 11 is 0. The van der Waals surface area contributed by atoms with Gasteiger partial charge in [-0.2, -0.15) is 0 Å². The molecule has 0 fully saturated rings. The van der Waals surface area contributed by atoms with E-state index < -0.39 is 12.3 Å². The van der Waals surface area contributed by atoms with Gasteiger partial charge in [-0.3, -0.25) is 4.79 Å². The van der Waals surface area contributed by atoms with Gasteiger partial charge >= 0.3 is 5.97 Å². The van der Waals surface area contributed by atoms with Gasteiger partial charge in [0.25, 0.3) is 5.91 Å². The van der Waals surface area contributed by atoms with Crippen LogP contribution < -0.4 is 10.1 Å². The number of aliphatic hydroxyl groups is 1. The van der Waals surface area contributed by atoms with Gasteiger partial charge in [-0.1, -0.05) is 12.1 Å². The standard InChI is InChI=1S/C33H42N2O9/c1-4-43-33-26(12-15-41-17-18-42-16-14-36)27(22-5-7-23(8-6-22)32(38)40-3)20-30(44-33)31(37)34-13-11-24-21-35-29-10-9-25(39-2)19-28(24)29/h5-10,19-21,26-27,33,35-36H,4,11-18H2,1-3H3,(H,34,37). The van der Waals surface area contributed by atoms with Crippen LogP contribution in [0, 0.1) is 5.92 Å². The van der Waals surface area contributed by atoms with Crippen LogP contribution in [-0.2, 0) is 34.9 Å². The van der Waals surface area contributed by atoms with Crippen molar-refractivity contribution in [2.45, 2.75) is 32.0 Å². The summed E-state index contributed by atoms with van der Waals surface area (Å²) in [6.07, 6.45) is 4.28. The second-order valence-electron chi connectivity index (χ2n) is 10.2. The number of fused-ring (bicyclic) bond motifs is 1. The van der Waals surface area contributed by atoms with Gasteiger partial charge in [0, 0.05) is 48.7 Å². The highest BCUT2D eigenvalue weighted by molar-refractivity contribution is 5.92. The van der Waals surface area contributed by atoms with Crippen molar-refractivity contribution in [3.8, 4) is 5.75 Å². The highest BCUT2D eigenvalue weighted by Crippen LogP contribution is 2.39. The zero-order valence-corrected chi connectivity index (χ0v) is 25.5. The SMILES string of the molecule is CCOC1OC(C(=O)NCCc2c[nH]c3ccc(OC)cc23)=CC(c2ccc(C(=O)OC)cc2)C1CCOCCOCCO. The van der Waals surface area contributed by atoms with E-state index in [-0.39, 0.29) is 36.7 Å². The molecule has 0 spiro atoms. The minimum absolute atomic E-state index is 0.0353. The first-order chi connectivity index (χ1) is 21.5. The molecule has 1 aliphatic rings. The maximum absolute atomic E-state index is 13.4. The van der Waals surface area contributed by atoms with E-state index >= 15 is 0 Å². The molecule has 1 amide bonds. The maximum atomic E-state index is 13.4. The number of carbonyl (C=O) groups excluding carboxylic acids is 2. The van der Waals surface area contributed by atoms with Crippen LogP contribution in [0.5, 0.6) is 5.75 Å². The van der Waals surface area contributed by atoms with E-state index in [2.05, 4.69) is 10.3 Å². The number of H-pyrrole nitrogens is 1. The average Bonchev–Trinajstić information content (AvgIpc) is 3.46. The molecule has 44 heavy (non-hydrogen) atoms. The van der Waals surface area contributed by atoms with E-state index in [4.69, 9.17) is 33.5 Å². The Kier molecular flexibility index (Phi) is 12.6. The third-order valence-electron chi connectivity index (χ3n) is 7.51. The van der Waals surface area contributed by atoms with Crippen LogP contribution in [0.2, 0.25) is 0 Å². The van der Waals surface area contributed by atoms with Crippen molar-refractivity contribution in [3.05, 3.63) is 77.2 Å². The first-order valence-corrected chi connectivity index (χ1v) is 14.9. The monoisotopic (exact) mass is 610 g/mol. The molecular weight excluding hydrogens is 568 g/mol. The third kappa shape index (κ3) is 8.60. The second kappa shape index (κ2) is 16.8. The Bertz CT molecular complexity index is 1390. The minimum atomic E-state index is -0.689. The fourth-order valence-corrected chi connectivity index (χ4v) is 5.27. The Labute approximate surface area is 257 Å². The summed E-state index contributed by atoms with van der Waals surface area (Å²) in [6.45, 7) is 4.09. The van der Waals surface area contributed by atoms with E-state index in [1.54, 1.807) is 19.2 Å². The molecule has 0 aliphatic carbocycles. The Morgan fingerprint density at radius 2 is 1.80 bits per heavy atom. The molecule has 0 saturated carbocycles. The van der Waals surface area contributed by atoms with E-state index in [0.717, 1.165) is 27.8 Å². The van der Waals surface area contributed by atoms with Crippen LogP contribution >= 0.6 is 0 Å². The lowest BCUT2D eigenvalue weighted by Crippen LogP contribution is -2.39. The van der Waals surface area contributed by atoms with Crippen LogP contribution in [0.4, 0.5) is 0 Å². The number of nitrogens with one attached hydrogen (secondary N) is 2. The molecule has 2 aromatic carbocycles. The molecule has 0 bridgehead atoms. The molecule has 3 atom stereocenters. The summed E-state index contributed by atoms with van der Waals surface area (Å²) < 4.78 is 33.4. The van der Waals surface area contributed by atoms with Crippen LogP contribution in [0.1, 0.15) is 40.7 Å². The molecule has 0 radical (unpaired) electrons. The molecule has 3 aromatic rings. The van der Waals surface area contributed by atoms with Crippen molar-refractivity contribution in [2.75, 3.05) is 60.4 Å². The Morgan fingerprint density at radius 1 is 1.02 bits per heavy atom. The molecule has 3 N–H and O–H groups in total. The number of aliphatic hydroxyl groups excluding tert-OH is 1. The number of hydrogen-bond donors (Lipinski definition) is 3. The minimum Gasteiger partial charge on any atom is -0.497 e. The molecule has 11 heteroatoms. The summed E-state index contributed by atoms with van der Waals surface area (Å²) in [5, 5.41) is 12.9. The molecule has 0 saturated heterocycles. The Morgan fingerprint density at radius 3 is 2.50 bits per heavy atom. The number of aromatic nitrogens is 1. The topological polar surface area (TPSA) is 138 Å². The van der Waals surface area contributed by atoms with Crippen LogP contribution in [-0.4, -0.2) is 88.7 Å². The number of allylic oxidation sites excluding steroid dienone is 1. The number of ether oxygens (including phenoxy) is 6. The van der Waals surface area contributed by atoms with Crippen LogP contribution in [0.25, 0.3) is 10.9 Å². The average molecular weight is 611 g/mol. The van der Waals surface area contributed by atoms with Crippen LogP contribution in [0.3, 0.4) is 0 Å². The Balaban J connectivity index is 1.49. The van der Waals surface area contributed by atoms with Crippen molar-refractivity contribution in [3.63, 3.8) is 0 Å². The van der Waals surface area contributed by atoms with Gasteiger partial charge in [-0.15, -0.1) is 0 Å². The predicted octanol–water partition coefficient (Wildman–Crippen LogP) is 3.71. The van der Waals surface area contributed by atoms with Gasteiger partial charge in [0.05, 0.1) is 46.2 Å². The molecule has 4 rings (SSSR count). The van der Waals surface area contributed by atoms with Gasteiger partial charge in [-0.05, 0) is 67.3 Å². The van der Waals surface area contributed by atoms with E-state index in [0.29, 0.717) is 51.4 Å². The largest absolute Gasteiger partial charge is 0.497 e. The van der Waals surface area contributed by atoms with Gasteiger partial charge in [0.1, 0.15) is 5.75 Å². The number of amides is 1. The van der Waals surface area contributed by atoms with Gasteiger partial charge < -0.3 is 43.8 Å². The molecule has 1 aliphatic heterocycles. The predicted molar refractivity (Wildman–Crippen MR) is 163 cm³/mol. The third-order valence-corrected chi connectivity index (χ3v) is 7.51. The molecule has 238 valence electrons. The summed E-state index contributed by atoms with van der Waals surface area (Å²) in [7, 11) is 2.98. The molecule has 3 unspecified atom stereocenters.